The van der Waals surface area contributed by atoms with Crippen LogP contribution in [0.1, 0.15) is 33.1 Å². The van der Waals surface area contributed by atoms with Crippen molar-refractivity contribution in [1.29, 1.82) is 0 Å². The first-order valence-electron chi connectivity index (χ1n) is 4.37. The molecule has 1 aliphatic carbocycles. The second-order valence-electron chi connectivity index (χ2n) is 3.65. The van der Waals surface area contributed by atoms with Gasteiger partial charge in [-0.25, -0.2) is 0 Å². The van der Waals surface area contributed by atoms with Gasteiger partial charge in [-0.05, 0) is 37.7 Å². The summed E-state index contributed by atoms with van der Waals surface area (Å²) >= 11 is 0. The number of allylic oxidation sites excluding steroid dienone is 2. The van der Waals surface area contributed by atoms with Crippen molar-refractivity contribution in [3.63, 3.8) is 0 Å². The van der Waals surface area contributed by atoms with Gasteiger partial charge in [0, 0.05) is 0 Å². The molecular formula is C10H16O. The Morgan fingerprint density at radius 1 is 1.45 bits per heavy atom. The maximum absolute atomic E-state index is 10.6. The summed E-state index contributed by atoms with van der Waals surface area (Å²) in [4.78, 5) is 10.6. The molecule has 0 heterocycles. The third kappa shape index (κ3) is 2.87. The lowest BCUT2D eigenvalue weighted by atomic mass is 10.1. The molecule has 0 aromatic carbocycles. The zero-order valence-corrected chi connectivity index (χ0v) is 7.34. The van der Waals surface area contributed by atoms with Gasteiger partial charge >= 0.3 is 0 Å². The maximum atomic E-state index is 10.6. The van der Waals surface area contributed by atoms with Crippen molar-refractivity contribution in [2.24, 2.45) is 11.8 Å². The molecule has 0 radical (unpaired) electrons. The van der Waals surface area contributed by atoms with E-state index in [2.05, 4.69) is 13.0 Å². The van der Waals surface area contributed by atoms with Crippen molar-refractivity contribution < 1.29 is 4.79 Å². The molecule has 1 saturated carbocycles. The second-order valence-corrected chi connectivity index (χ2v) is 3.65. The highest BCUT2D eigenvalue weighted by atomic mass is 16.1. The van der Waals surface area contributed by atoms with E-state index >= 15 is 0 Å². The molecule has 1 heteroatoms. The van der Waals surface area contributed by atoms with Crippen LogP contribution < -0.4 is 0 Å². The Hall–Kier alpha value is -0.590. The summed E-state index contributed by atoms with van der Waals surface area (Å²) in [6.07, 6.45) is 7.65. The third-order valence-corrected chi connectivity index (χ3v) is 2.34. The van der Waals surface area contributed by atoms with Crippen LogP contribution in [0.4, 0.5) is 0 Å². The molecule has 62 valence electrons. The van der Waals surface area contributed by atoms with E-state index in [1.807, 2.05) is 0 Å². The molecule has 0 amide bonds. The van der Waals surface area contributed by atoms with Crippen LogP contribution in [0.25, 0.3) is 0 Å². The highest BCUT2D eigenvalue weighted by Crippen LogP contribution is 2.30. The van der Waals surface area contributed by atoms with Gasteiger partial charge in [0.15, 0.2) is 5.78 Å². The first kappa shape index (κ1) is 8.51. The van der Waals surface area contributed by atoms with Gasteiger partial charge in [0.2, 0.25) is 0 Å². The van der Waals surface area contributed by atoms with Crippen molar-refractivity contribution >= 4 is 5.78 Å². The lowest BCUT2D eigenvalue weighted by Crippen LogP contribution is -1.90. The number of hydrogen-bond donors (Lipinski definition) is 0. The fourth-order valence-corrected chi connectivity index (χ4v) is 1.70. The fraction of sp³-hybridized carbons (Fsp3) is 0.700. The Morgan fingerprint density at radius 2 is 2.18 bits per heavy atom. The Balaban J connectivity index is 2.33. The van der Waals surface area contributed by atoms with Crippen LogP contribution in [0.3, 0.4) is 0 Å². The molecule has 11 heavy (non-hydrogen) atoms. The van der Waals surface area contributed by atoms with Gasteiger partial charge in [-0.15, -0.1) is 0 Å². The lowest BCUT2D eigenvalue weighted by molar-refractivity contribution is -0.112. The van der Waals surface area contributed by atoms with Crippen LogP contribution in [0.15, 0.2) is 12.2 Å². The van der Waals surface area contributed by atoms with Crippen LogP contribution in [0.2, 0.25) is 0 Å². The molecule has 0 aliphatic heterocycles. The molecule has 1 aliphatic rings. The van der Waals surface area contributed by atoms with Crippen LogP contribution in [0, 0.1) is 11.8 Å². The Kier molecular flexibility index (Phi) is 2.86. The van der Waals surface area contributed by atoms with Crippen LogP contribution in [-0.2, 0) is 4.79 Å². The Bertz CT molecular complexity index is 170. The van der Waals surface area contributed by atoms with Crippen molar-refractivity contribution in [2.45, 2.75) is 33.1 Å². The Labute approximate surface area is 68.5 Å². The molecule has 0 aromatic rings. The smallest absolute Gasteiger partial charge is 0.152 e. The van der Waals surface area contributed by atoms with Crippen LogP contribution in [-0.4, -0.2) is 5.78 Å². The van der Waals surface area contributed by atoms with Gasteiger partial charge in [-0.2, -0.15) is 0 Å². The SMILES string of the molecule is CC(=O)/C=C/C1CCC(C)C1. The minimum Gasteiger partial charge on any atom is -0.295 e. The molecule has 0 bridgehead atoms. The predicted molar refractivity (Wildman–Crippen MR) is 46.3 cm³/mol. The molecule has 0 saturated heterocycles. The van der Waals surface area contributed by atoms with Gasteiger partial charge in [0.25, 0.3) is 0 Å². The second kappa shape index (κ2) is 3.70. The van der Waals surface area contributed by atoms with Gasteiger partial charge in [-0.3, -0.25) is 4.79 Å². The van der Waals surface area contributed by atoms with E-state index in [4.69, 9.17) is 0 Å². The summed E-state index contributed by atoms with van der Waals surface area (Å²) in [5, 5.41) is 0. The quantitative estimate of drug-likeness (QED) is 0.556. The summed E-state index contributed by atoms with van der Waals surface area (Å²) in [6.45, 7) is 3.89. The van der Waals surface area contributed by atoms with E-state index in [9.17, 15) is 4.79 Å². The minimum absolute atomic E-state index is 0.171. The van der Waals surface area contributed by atoms with Gasteiger partial charge in [0.05, 0.1) is 0 Å². The lowest BCUT2D eigenvalue weighted by Gasteiger charge is -2.00. The average molecular weight is 152 g/mol. The standard InChI is InChI=1S/C10H16O/c1-8-3-5-10(7-8)6-4-9(2)11/h4,6,8,10H,3,5,7H2,1-2H3/b6-4+. The predicted octanol–water partition coefficient (Wildman–Crippen LogP) is 2.57. The van der Waals surface area contributed by atoms with Crippen molar-refractivity contribution in [3.8, 4) is 0 Å². The molecule has 0 spiro atoms. The van der Waals surface area contributed by atoms with Crippen LogP contribution >= 0.6 is 0 Å². The average Bonchev–Trinajstić information content (AvgIpc) is 2.31. The monoisotopic (exact) mass is 152 g/mol. The maximum Gasteiger partial charge on any atom is 0.152 e. The molecule has 1 rings (SSSR count). The summed E-state index contributed by atoms with van der Waals surface area (Å²) in [5.74, 6) is 1.70. The summed E-state index contributed by atoms with van der Waals surface area (Å²) in [5.41, 5.74) is 0. The van der Waals surface area contributed by atoms with Gasteiger partial charge < -0.3 is 0 Å². The van der Waals surface area contributed by atoms with Crippen molar-refractivity contribution in [3.05, 3.63) is 12.2 Å². The summed E-state index contributed by atoms with van der Waals surface area (Å²) < 4.78 is 0. The van der Waals surface area contributed by atoms with Crippen LogP contribution in [0.5, 0.6) is 0 Å². The number of rotatable bonds is 2. The molecule has 0 N–H and O–H groups in total. The minimum atomic E-state index is 0.171. The van der Waals surface area contributed by atoms with E-state index in [1.165, 1.54) is 19.3 Å². The Morgan fingerprint density at radius 3 is 2.64 bits per heavy atom. The van der Waals surface area contributed by atoms with E-state index in [1.54, 1.807) is 13.0 Å². The van der Waals surface area contributed by atoms with E-state index in [0.29, 0.717) is 5.92 Å². The first-order valence-corrected chi connectivity index (χ1v) is 4.37. The summed E-state index contributed by atoms with van der Waals surface area (Å²) in [6, 6.07) is 0. The van der Waals surface area contributed by atoms with E-state index in [-0.39, 0.29) is 5.78 Å². The number of carbonyl (C=O) groups is 1. The van der Waals surface area contributed by atoms with E-state index in [0.717, 1.165) is 5.92 Å². The highest BCUT2D eigenvalue weighted by molar-refractivity contribution is 5.87. The van der Waals surface area contributed by atoms with Crippen molar-refractivity contribution in [1.82, 2.24) is 0 Å². The number of carbonyl (C=O) groups excluding carboxylic acids is 1. The number of hydrogen-bond acceptors (Lipinski definition) is 1. The van der Waals surface area contributed by atoms with Gasteiger partial charge in [0.1, 0.15) is 0 Å². The third-order valence-electron chi connectivity index (χ3n) is 2.34. The molecule has 2 unspecified atom stereocenters. The topological polar surface area (TPSA) is 17.1 Å². The molecular weight excluding hydrogens is 136 g/mol. The molecule has 1 nitrogen and oxygen atoms in total. The van der Waals surface area contributed by atoms with Gasteiger partial charge in [-0.1, -0.05) is 19.4 Å². The largest absolute Gasteiger partial charge is 0.295 e. The fourth-order valence-electron chi connectivity index (χ4n) is 1.70. The first-order chi connectivity index (χ1) is 5.18. The molecule has 2 atom stereocenters. The highest BCUT2D eigenvalue weighted by Gasteiger charge is 2.18. The van der Waals surface area contributed by atoms with E-state index < -0.39 is 0 Å². The molecule has 1 fully saturated rings. The normalized spacial score (nSPS) is 31.5. The molecule has 0 aromatic heterocycles. The zero-order chi connectivity index (χ0) is 8.27. The zero-order valence-electron chi connectivity index (χ0n) is 7.34. The summed E-state index contributed by atoms with van der Waals surface area (Å²) in [7, 11) is 0. The number of ketones is 1. The van der Waals surface area contributed by atoms with Crippen molar-refractivity contribution in [2.75, 3.05) is 0 Å².